The van der Waals surface area contributed by atoms with Gasteiger partial charge in [0.15, 0.2) is 17.3 Å². The number of ether oxygens (including phenoxy) is 3. The minimum Gasteiger partial charge on any atom is -0.493 e. The fourth-order valence-corrected chi connectivity index (χ4v) is 2.02. The number of esters is 1. The highest BCUT2D eigenvalue weighted by Crippen LogP contribution is 2.27. The predicted molar refractivity (Wildman–Crippen MR) is 93.4 cm³/mol. The third kappa shape index (κ3) is 4.73. The summed E-state index contributed by atoms with van der Waals surface area (Å²) in [6.07, 6.45) is 0. The first kappa shape index (κ1) is 18.8. The molecular weight excluding hydrogens is 340 g/mol. The number of nitrogens with zero attached hydrogens (tertiary/aromatic N) is 1. The zero-order valence-electron chi connectivity index (χ0n) is 14.5. The van der Waals surface area contributed by atoms with Gasteiger partial charge in [0.25, 0.3) is 0 Å². The lowest BCUT2D eigenvalue weighted by atomic mass is 10.2. The smallest absolute Gasteiger partial charge is 0.365 e. The SMILES string of the molecule is COc1ccc(/C(N)=N/OC(=O)c2ccc(OC(C)=O)cc2)cc1OC. The molecule has 2 aromatic rings. The zero-order chi connectivity index (χ0) is 19.1. The van der Waals surface area contributed by atoms with Crippen LogP contribution in [0, 0.1) is 0 Å². The van der Waals surface area contributed by atoms with Gasteiger partial charge in [-0.1, -0.05) is 5.16 Å². The van der Waals surface area contributed by atoms with E-state index in [-0.39, 0.29) is 11.4 Å². The van der Waals surface area contributed by atoms with Gasteiger partial charge in [0.1, 0.15) is 5.75 Å². The minimum absolute atomic E-state index is 0.00386. The number of nitrogens with two attached hydrogens (primary N) is 1. The summed E-state index contributed by atoms with van der Waals surface area (Å²) in [5.41, 5.74) is 6.56. The van der Waals surface area contributed by atoms with E-state index in [1.54, 1.807) is 18.2 Å². The van der Waals surface area contributed by atoms with Crippen LogP contribution in [0.3, 0.4) is 0 Å². The number of hydrogen-bond donors (Lipinski definition) is 1. The van der Waals surface area contributed by atoms with Crippen molar-refractivity contribution in [3.63, 3.8) is 0 Å². The van der Waals surface area contributed by atoms with E-state index in [0.29, 0.717) is 22.8 Å². The van der Waals surface area contributed by atoms with Crippen LogP contribution in [0.1, 0.15) is 22.8 Å². The number of oxime groups is 1. The van der Waals surface area contributed by atoms with Crippen molar-refractivity contribution < 1.29 is 28.6 Å². The molecule has 0 amide bonds. The van der Waals surface area contributed by atoms with Crippen molar-refractivity contribution in [3.05, 3.63) is 53.6 Å². The molecule has 0 aliphatic rings. The maximum absolute atomic E-state index is 12.0. The summed E-state index contributed by atoms with van der Waals surface area (Å²) in [6, 6.07) is 10.8. The molecule has 0 aromatic heterocycles. The van der Waals surface area contributed by atoms with Crippen molar-refractivity contribution in [1.29, 1.82) is 0 Å². The third-order valence-electron chi connectivity index (χ3n) is 3.26. The first-order valence-corrected chi connectivity index (χ1v) is 7.50. The molecule has 2 rings (SSSR count). The molecule has 2 aromatic carbocycles. The molecule has 0 radical (unpaired) electrons. The van der Waals surface area contributed by atoms with Crippen LogP contribution < -0.4 is 19.9 Å². The summed E-state index contributed by atoms with van der Waals surface area (Å²) >= 11 is 0. The van der Waals surface area contributed by atoms with Crippen molar-refractivity contribution in [1.82, 2.24) is 0 Å². The second-order valence-electron chi connectivity index (χ2n) is 5.04. The summed E-state index contributed by atoms with van der Waals surface area (Å²) in [5.74, 6) is 0.165. The summed E-state index contributed by atoms with van der Waals surface area (Å²) in [7, 11) is 3.01. The van der Waals surface area contributed by atoms with Crippen molar-refractivity contribution in [2.45, 2.75) is 6.92 Å². The van der Waals surface area contributed by atoms with Gasteiger partial charge in [-0.3, -0.25) is 4.79 Å². The van der Waals surface area contributed by atoms with Gasteiger partial charge in [0, 0.05) is 12.5 Å². The van der Waals surface area contributed by atoms with Gasteiger partial charge in [-0.25, -0.2) is 4.79 Å². The molecule has 0 aliphatic carbocycles. The second-order valence-corrected chi connectivity index (χ2v) is 5.04. The first-order valence-electron chi connectivity index (χ1n) is 7.50. The van der Waals surface area contributed by atoms with Crippen molar-refractivity contribution in [3.8, 4) is 17.2 Å². The van der Waals surface area contributed by atoms with Crippen LogP contribution in [0.25, 0.3) is 0 Å². The third-order valence-corrected chi connectivity index (χ3v) is 3.26. The molecule has 2 N–H and O–H groups in total. The summed E-state index contributed by atoms with van der Waals surface area (Å²) < 4.78 is 15.2. The van der Waals surface area contributed by atoms with E-state index in [0.717, 1.165) is 0 Å². The molecule has 0 fully saturated rings. The van der Waals surface area contributed by atoms with Gasteiger partial charge in [-0.2, -0.15) is 0 Å². The van der Waals surface area contributed by atoms with Crippen LogP contribution in [-0.4, -0.2) is 32.0 Å². The number of amidine groups is 1. The maximum atomic E-state index is 12.0. The molecule has 0 bridgehead atoms. The molecule has 8 heteroatoms. The van der Waals surface area contributed by atoms with Crippen molar-refractivity contribution in [2.75, 3.05) is 14.2 Å². The number of benzene rings is 2. The second kappa shape index (κ2) is 8.52. The molecule has 0 saturated carbocycles. The molecule has 136 valence electrons. The fourth-order valence-electron chi connectivity index (χ4n) is 2.02. The Morgan fingerprint density at radius 1 is 0.923 bits per heavy atom. The van der Waals surface area contributed by atoms with E-state index in [1.165, 1.54) is 45.4 Å². The quantitative estimate of drug-likeness (QED) is 0.210. The van der Waals surface area contributed by atoms with Gasteiger partial charge in [0.05, 0.1) is 19.8 Å². The average molecular weight is 358 g/mol. The molecule has 0 saturated heterocycles. The summed E-state index contributed by atoms with van der Waals surface area (Å²) in [6.45, 7) is 1.29. The average Bonchev–Trinajstić information content (AvgIpc) is 2.65. The Kier molecular flexibility index (Phi) is 6.15. The Morgan fingerprint density at radius 2 is 1.54 bits per heavy atom. The summed E-state index contributed by atoms with van der Waals surface area (Å²) in [5, 5.41) is 3.64. The van der Waals surface area contributed by atoms with Crippen LogP contribution in [0.2, 0.25) is 0 Å². The van der Waals surface area contributed by atoms with Crippen LogP contribution >= 0.6 is 0 Å². The molecule has 26 heavy (non-hydrogen) atoms. The number of rotatable bonds is 6. The Morgan fingerprint density at radius 3 is 2.12 bits per heavy atom. The molecule has 8 nitrogen and oxygen atoms in total. The van der Waals surface area contributed by atoms with Gasteiger partial charge >= 0.3 is 11.9 Å². The normalized spacial score (nSPS) is 10.8. The van der Waals surface area contributed by atoms with E-state index < -0.39 is 11.9 Å². The van der Waals surface area contributed by atoms with Crippen LogP contribution in [-0.2, 0) is 9.63 Å². The first-order chi connectivity index (χ1) is 12.4. The standard InChI is InChI=1S/C18H18N2O6/c1-11(21)25-14-7-4-12(5-8-14)18(22)26-20-17(19)13-6-9-15(23-2)16(10-13)24-3/h4-10H,1-3H3,(H2,19,20). The highest BCUT2D eigenvalue weighted by atomic mass is 16.7. The number of carbonyl (C=O) groups excluding carboxylic acids is 2. The minimum atomic E-state index is -0.706. The number of hydrogen-bond acceptors (Lipinski definition) is 7. The maximum Gasteiger partial charge on any atom is 0.365 e. The van der Waals surface area contributed by atoms with Crippen molar-refractivity contribution in [2.24, 2.45) is 10.9 Å². The molecule has 0 unspecified atom stereocenters. The molecule has 0 spiro atoms. The van der Waals surface area contributed by atoms with E-state index in [1.807, 2.05) is 0 Å². The zero-order valence-corrected chi connectivity index (χ0v) is 14.5. The Bertz CT molecular complexity index is 830. The Labute approximate surface area is 150 Å². The monoisotopic (exact) mass is 358 g/mol. The molecule has 0 heterocycles. The highest BCUT2D eigenvalue weighted by molar-refractivity contribution is 5.98. The molecular formula is C18H18N2O6. The van der Waals surface area contributed by atoms with Crippen molar-refractivity contribution >= 4 is 17.8 Å². The van der Waals surface area contributed by atoms with E-state index in [4.69, 9.17) is 24.8 Å². The largest absolute Gasteiger partial charge is 0.493 e. The van der Waals surface area contributed by atoms with Crippen LogP contribution in [0.4, 0.5) is 0 Å². The predicted octanol–water partition coefficient (Wildman–Crippen LogP) is 2.11. The van der Waals surface area contributed by atoms with Gasteiger partial charge in [-0.15, -0.1) is 0 Å². The molecule has 0 atom stereocenters. The highest BCUT2D eigenvalue weighted by Gasteiger charge is 2.11. The lowest BCUT2D eigenvalue weighted by Crippen LogP contribution is -2.15. The van der Waals surface area contributed by atoms with E-state index >= 15 is 0 Å². The summed E-state index contributed by atoms with van der Waals surface area (Å²) in [4.78, 5) is 27.7. The lowest BCUT2D eigenvalue weighted by molar-refractivity contribution is -0.131. The van der Waals surface area contributed by atoms with Crippen LogP contribution in [0.5, 0.6) is 17.2 Å². The van der Waals surface area contributed by atoms with Gasteiger partial charge in [-0.05, 0) is 42.5 Å². The van der Waals surface area contributed by atoms with E-state index in [9.17, 15) is 9.59 Å². The van der Waals surface area contributed by atoms with Gasteiger partial charge in [0.2, 0.25) is 0 Å². The van der Waals surface area contributed by atoms with Crippen LogP contribution in [0.15, 0.2) is 47.6 Å². The number of carbonyl (C=O) groups is 2. The Hall–Kier alpha value is -3.55. The number of methoxy groups -OCH3 is 2. The molecule has 0 aliphatic heterocycles. The fraction of sp³-hybridized carbons (Fsp3) is 0.167. The topological polar surface area (TPSA) is 109 Å². The lowest BCUT2D eigenvalue weighted by Gasteiger charge is -2.09. The van der Waals surface area contributed by atoms with Gasteiger partial charge < -0.3 is 24.8 Å². The van der Waals surface area contributed by atoms with E-state index in [2.05, 4.69) is 5.16 Å². The Balaban J connectivity index is 2.08.